The zero-order valence-corrected chi connectivity index (χ0v) is 10.4. The van der Waals surface area contributed by atoms with Crippen molar-refractivity contribution >= 4 is 5.84 Å². The van der Waals surface area contributed by atoms with Crippen molar-refractivity contribution in [2.24, 2.45) is 0 Å². The Hall–Kier alpha value is -0.570. The number of likely N-dealkylation sites (tertiary alicyclic amines) is 1. The van der Waals surface area contributed by atoms with Crippen LogP contribution in [-0.2, 0) is 4.74 Å². The lowest BCUT2D eigenvalue weighted by atomic mass is 9.92. The van der Waals surface area contributed by atoms with Crippen molar-refractivity contribution in [1.82, 2.24) is 4.90 Å². The van der Waals surface area contributed by atoms with Gasteiger partial charge in [0.1, 0.15) is 11.4 Å². The first-order valence-electron chi connectivity index (χ1n) is 6.68. The molecule has 0 amide bonds. The SMILES string of the molecule is COC1(C(=N)N2CCCC2)CCCCCC1. The van der Waals surface area contributed by atoms with E-state index in [4.69, 9.17) is 10.1 Å². The Morgan fingerprint density at radius 2 is 1.56 bits per heavy atom. The van der Waals surface area contributed by atoms with Gasteiger partial charge in [-0.15, -0.1) is 0 Å². The maximum atomic E-state index is 8.43. The second-order valence-electron chi connectivity index (χ2n) is 5.16. The fraction of sp³-hybridized carbons (Fsp3) is 0.923. The lowest BCUT2D eigenvalue weighted by Crippen LogP contribution is -2.48. The van der Waals surface area contributed by atoms with E-state index in [0.29, 0.717) is 0 Å². The molecule has 3 heteroatoms. The van der Waals surface area contributed by atoms with Gasteiger partial charge in [-0.1, -0.05) is 25.7 Å². The Balaban J connectivity index is 2.08. The molecule has 2 fully saturated rings. The summed E-state index contributed by atoms with van der Waals surface area (Å²) in [6.07, 6.45) is 9.59. The van der Waals surface area contributed by atoms with E-state index in [1.807, 2.05) is 0 Å². The van der Waals surface area contributed by atoms with E-state index in [2.05, 4.69) is 4.90 Å². The molecule has 1 saturated heterocycles. The molecule has 0 bridgehead atoms. The third-order valence-corrected chi connectivity index (χ3v) is 4.16. The Morgan fingerprint density at radius 3 is 2.06 bits per heavy atom. The van der Waals surface area contributed by atoms with E-state index < -0.39 is 0 Å². The van der Waals surface area contributed by atoms with E-state index in [9.17, 15) is 0 Å². The summed E-state index contributed by atoms with van der Waals surface area (Å²) in [5.41, 5.74) is -0.263. The standard InChI is InChI=1S/C13H24N2O/c1-16-13(8-4-2-3-5-9-13)12(14)15-10-6-7-11-15/h14H,2-11H2,1H3. The van der Waals surface area contributed by atoms with Crippen molar-refractivity contribution < 1.29 is 4.74 Å². The highest BCUT2D eigenvalue weighted by atomic mass is 16.5. The second kappa shape index (κ2) is 5.17. The Bertz CT molecular complexity index is 238. The molecule has 92 valence electrons. The van der Waals surface area contributed by atoms with Crippen LogP contribution in [0.3, 0.4) is 0 Å². The Labute approximate surface area is 98.7 Å². The van der Waals surface area contributed by atoms with E-state index in [1.165, 1.54) is 38.5 Å². The molecule has 0 aromatic rings. The summed E-state index contributed by atoms with van der Waals surface area (Å²) < 4.78 is 5.77. The van der Waals surface area contributed by atoms with Gasteiger partial charge in [-0.2, -0.15) is 0 Å². The molecule has 0 atom stereocenters. The smallest absolute Gasteiger partial charge is 0.129 e. The van der Waals surface area contributed by atoms with Crippen molar-refractivity contribution in [2.45, 2.75) is 57.0 Å². The first-order chi connectivity index (χ1) is 7.78. The summed E-state index contributed by atoms with van der Waals surface area (Å²) in [5.74, 6) is 0.759. The second-order valence-corrected chi connectivity index (χ2v) is 5.16. The van der Waals surface area contributed by atoms with Gasteiger partial charge in [-0.05, 0) is 25.7 Å². The number of amidine groups is 1. The average molecular weight is 224 g/mol. The van der Waals surface area contributed by atoms with Crippen molar-refractivity contribution in [2.75, 3.05) is 20.2 Å². The first kappa shape index (κ1) is 11.9. The minimum Gasteiger partial charge on any atom is -0.370 e. The number of methoxy groups -OCH3 is 1. The predicted molar refractivity (Wildman–Crippen MR) is 66.0 cm³/mol. The number of ether oxygens (including phenoxy) is 1. The van der Waals surface area contributed by atoms with E-state index in [0.717, 1.165) is 31.8 Å². The Kier molecular flexibility index (Phi) is 3.85. The lowest BCUT2D eigenvalue weighted by Gasteiger charge is -2.36. The van der Waals surface area contributed by atoms with Gasteiger partial charge in [0.15, 0.2) is 0 Å². The van der Waals surface area contributed by atoms with Crippen molar-refractivity contribution in [3.8, 4) is 0 Å². The van der Waals surface area contributed by atoms with Crippen LogP contribution in [0.15, 0.2) is 0 Å². The van der Waals surface area contributed by atoms with Crippen molar-refractivity contribution in [1.29, 1.82) is 5.41 Å². The molecular formula is C13H24N2O. The molecule has 1 heterocycles. The van der Waals surface area contributed by atoms with E-state index in [-0.39, 0.29) is 5.60 Å². The van der Waals surface area contributed by atoms with Crippen molar-refractivity contribution in [3.63, 3.8) is 0 Å². The fourth-order valence-electron chi connectivity index (χ4n) is 3.07. The Morgan fingerprint density at radius 1 is 1.00 bits per heavy atom. The summed E-state index contributed by atoms with van der Waals surface area (Å²) in [6.45, 7) is 2.12. The molecule has 2 aliphatic rings. The van der Waals surface area contributed by atoms with Gasteiger partial charge in [-0.25, -0.2) is 0 Å². The normalized spacial score (nSPS) is 25.4. The molecule has 3 nitrogen and oxygen atoms in total. The van der Waals surface area contributed by atoms with Crippen molar-refractivity contribution in [3.05, 3.63) is 0 Å². The largest absolute Gasteiger partial charge is 0.370 e. The van der Waals surface area contributed by atoms with Gasteiger partial charge >= 0.3 is 0 Å². The van der Waals surface area contributed by atoms with Crippen LogP contribution in [0.25, 0.3) is 0 Å². The number of rotatable bonds is 2. The topological polar surface area (TPSA) is 36.3 Å². The highest BCUT2D eigenvalue weighted by Crippen LogP contribution is 2.32. The van der Waals surface area contributed by atoms with Crippen LogP contribution >= 0.6 is 0 Å². The summed E-state index contributed by atoms with van der Waals surface area (Å²) in [5, 5.41) is 8.43. The molecule has 2 rings (SSSR count). The fourth-order valence-corrected chi connectivity index (χ4v) is 3.07. The van der Waals surface area contributed by atoms with E-state index >= 15 is 0 Å². The average Bonchev–Trinajstić information content (AvgIpc) is 2.73. The summed E-state index contributed by atoms with van der Waals surface area (Å²) in [7, 11) is 1.79. The molecule has 0 aromatic carbocycles. The maximum absolute atomic E-state index is 8.43. The predicted octanol–water partition coefficient (Wildman–Crippen LogP) is 2.80. The number of nitrogens with one attached hydrogen (secondary N) is 1. The lowest BCUT2D eigenvalue weighted by molar-refractivity contribution is 0.0268. The van der Waals surface area contributed by atoms with Gasteiger partial charge in [0.2, 0.25) is 0 Å². The van der Waals surface area contributed by atoms with Crippen LogP contribution in [0.1, 0.15) is 51.4 Å². The molecule has 1 aliphatic carbocycles. The van der Waals surface area contributed by atoms with Crippen LogP contribution in [0, 0.1) is 5.41 Å². The highest BCUT2D eigenvalue weighted by molar-refractivity contribution is 5.88. The maximum Gasteiger partial charge on any atom is 0.129 e. The molecule has 16 heavy (non-hydrogen) atoms. The third-order valence-electron chi connectivity index (χ3n) is 4.16. The van der Waals surface area contributed by atoms with Crippen LogP contribution in [0.4, 0.5) is 0 Å². The molecule has 1 aliphatic heterocycles. The third kappa shape index (κ3) is 2.24. The van der Waals surface area contributed by atoms with Gasteiger partial charge in [0, 0.05) is 20.2 Å². The molecule has 1 saturated carbocycles. The first-order valence-corrected chi connectivity index (χ1v) is 6.68. The summed E-state index contributed by atoms with van der Waals surface area (Å²) in [6, 6.07) is 0. The van der Waals surface area contributed by atoms with Gasteiger partial charge < -0.3 is 9.64 Å². The number of hydrogen-bond acceptors (Lipinski definition) is 2. The van der Waals surface area contributed by atoms with Gasteiger partial charge in [0.25, 0.3) is 0 Å². The minimum absolute atomic E-state index is 0.263. The molecule has 0 unspecified atom stereocenters. The van der Waals surface area contributed by atoms with E-state index in [1.54, 1.807) is 7.11 Å². The van der Waals surface area contributed by atoms with Crippen LogP contribution in [-0.4, -0.2) is 36.5 Å². The zero-order valence-electron chi connectivity index (χ0n) is 10.4. The van der Waals surface area contributed by atoms with Crippen LogP contribution in [0.5, 0.6) is 0 Å². The quantitative estimate of drug-likeness (QED) is 0.445. The molecular weight excluding hydrogens is 200 g/mol. The summed E-state index contributed by atoms with van der Waals surface area (Å²) >= 11 is 0. The number of nitrogens with zero attached hydrogens (tertiary/aromatic N) is 1. The minimum atomic E-state index is -0.263. The number of hydrogen-bond donors (Lipinski definition) is 1. The van der Waals surface area contributed by atoms with Gasteiger partial charge in [0.05, 0.1) is 0 Å². The summed E-state index contributed by atoms with van der Waals surface area (Å²) in [4.78, 5) is 2.23. The molecule has 0 radical (unpaired) electrons. The van der Waals surface area contributed by atoms with Crippen LogP contribution < -0.4 is 0 Å². The monoisotopic (exact) mass is 224 g/mol. The zero-order chi connectivity index (χ0) is 11.4. The highest BCUT2D eigenvalue weighted by Gasteiger charge is 2.38. The molecule has 0 aromatic heterocycles. The molecule has 0 spiro atoms. The van der Waals surface area contributed by atoms with Gasteiger partial charge in [-0.3, -0.25) is 5.41 Å². The van der Waals surface area contributed by atoms with Crippen LogP contribution in [0.2, 0.25) is 0 Å². The molecule has 1 N–H and O–H groups in total.